The van der Waals surface area contributed by atoms with Crippen molar-refractivity contribution < 1.29 is 5.11 Å². The summed E-state index contributed by atoms with van der Waals surface area (Å²) in [6.45, 7) is 6.62. The average molecular weight is 182 g/mol. The molecule has 0 rings (SSSR count). The summed E-state index contributed by atoms with van der Waals surface area (Å²) in [5.74, 6) is 0.953. The molecule has 13 heavy (non-hydrogen) atoms. The van der Waals surface area contributed by atoms with Gasteiger partial charge < -0.3 is 5.11 Å². The molecule has 0 aliphatic heterocycles. The molecule has 0 aliphatic carbocycles. The highest BCUT2D eigenvalue weighted by Gasteiger charge is 1.90. The maximum atomic E-state index is 8.75. The van der Waals surface area contributed by atoms with Crippen LogP contribution in [0.5, 0.6) is 0 Å². The zero-order valence-electron chi connectivity index (χ0n) is 9.03. The van der Waals surface area contributed by atoms with Crippen molar-refractivity contribution >= 4 is 0 Å². The molecule has 76 valence electrons. The Kier molecular flexibility index (Phi) is 7.71. The van der Waals surface area contributed by atoms with E-state index in [9.17, 15) is 0 Å². The molecule has 0 radical (unpaired) electrons. The molecule has 0 aromatic rings. The van der Waals surface area contributed by atoms with Gasteiger partial charge in [-0.3, -0.25) is 0 Å². The molecule has 0 aromatic carbocycles. The van der Waals surface area contributed by atoms with Crippen molar-refractivity contribution in [2.75, 3.05) is 6.61 Å². The average Bonchev–Trinajstić information content (AvgIpc) is 2.10. The summed E-state index contributed by atoms with van der Waals surface area (Å²) in [7, 11) is 0. The lowest BCUT2D eigenvalue weighted by Gasteiger charge is -1.97. The van der Waals surface area contributed by atoms with Crippen LogP contribution < -0.4 is 0 Å². The van der Waals surface area contributed by atoms with E-state index in [4.69, 9.17) is 5.11 Å². The second-order valence-corrected chi connectivity index (χ2v) is 3.84. The monoisotopic (exact) mass is 182 g/mol. The summed E-state index contributed by atoms with van der Waals surface area (Å²) in [5, 5.41) is 8.75. The third kappa shape index (κ3) is 9.35. The molecule has 0 fully saturated rings. The predicted octanol–water partition coefficient (Wildman–Crippen LogP) is 3.16. The molecular formula is C12H22O. The van der Waals surface area contributed by atoms with Crippen molar-refractivity contribution in [3.8, 4) is 0 Å². The van der Waals surface area contributed by atoms with Crippen molar-refractivity contribution in [1.82, 2.24) is 0 Å². The Morgan fingerprint density at radius 1 is 1.00 bits per heavy atom. The number of allylic oxidation sites excluding steroid dienone is 3. The van der Waals surface area contributed by atoms with Crippen molar-refractivity contribution in [2.45, 2.75) is 33.6 Å². The zero-order valence-corrected chi connectivity index (χ0v) is 9.03. The fourth-order valence-electron chi connectivity index (χ4n) is 0.950. The van der Waals surface area contributed by atoms with Gasteiger partial charge in [-0.1, -0.05) is 45.1 Å². The molecule has 1 atom stereocenters. The quantitative estimate of drug-likeness (QED) is 0.494. The SMILES string of the molecule is CC(C)C=CCCC=CC(C)CO. The van der Waals surface area contributed by atoms with Crippen LogP contribution in [0, 0.1) is 11.8 Å². The van der Waals surface area contributed by atoms with Crippen LogP contribution in [0.4, 0.5) is 0 Å². The summed E-state index contributed by atoms with van der Waals surface area (Å²) in [6, 6.07) is 0. The van der Waals surface area contributed by atoms with E-state index in [-0.39, 0.29) is 6.61 Å². The lowest BCUT2D eigenvalue weighted by molar-refractivity contribution is 0.262. The minimum Gasteiger partial charge on any atom is -0.396 e. The minimum absolute atomic E-state index is 0.248. The molecule has 0 saturated heterocycles. The highest BCUT2D eigenvalue weighted by molar-refractivity contribution is 4.91. The molecule has 1 heteroatoms. The van der Waals surface area contributed by atoms with Crippen LogP contribution in [0.2, 0.25) is 0 Å². The van der Waals surface area contributed by atoms with Crippen LogP contribution in [0.1, 0.15) is 33.6 Å². The topological polar surface area (TPSA) is 20.2 Å². The first-order valence-corrected chi connectivity index (χ1v) is 5.11. The first kappa shape index (κ1) is 12.4. The molecule has 0 amide bonds. The highest BCUT2D eigenvalue weighted by Crippen LogP contribution is 2.01. The third-order valence-electron chi connectivity index (χ3n) is 1.77. The van der Waals surface area contributed by atoms with E-state index in [1.807, 2.05) is 6.92 Å². The van der Waals surface area contributed by atoms with Crippen molar-refractivity contribution in [3.05, 3.63) is 24.3 Å². The van der Waals surface area contributed by atoms with Crippen molar-refractivity contribution in [1.29, 1.82) is 0 Å². The fraction of sp³-hybridized carbons (Fsp3) is 0.667. The molecule has 0 heterocycles. The first-order valence-electron chi connectivity index (χ1n) is 5.11. The maximum Gasteiger partial charge on any atom is 0.0491 e. The van der Waals surface area contributed by atoms with Crippen molar-refractivity contribution in [2.24, 2.45) is 11.8 Å². The van der Waals surface area contributed by atoms with Gasteiger partial charge in [0.2, 0.25) is 0 Å². The number of unbranched alkanes of at least 4 members (excludes halogenated alkanes) is 1. The summed E-state index contributed by atoms with van der Waals surface area (Å²) < 4.78 is 0. The Hall–Kier alpha value is -0.560. The van der Waals surface area contributed by atoms with Gasteiger partial charge in [-0.25, -0.2) is 0 Å². The number of aliphatic hydroxyl groups is 1. The van der Waals surface area contributed by atoms with Gasteiger partial charge in [-0.2, -0.15) is 0 Å². The second kappa shape index (κ2) is 8.06. The lowest BCUT2D eigenvalue weighted by Crippen LogP contribution is -1.94. The van der Waals surface area contributed by atoms with Crippen LogP contribution in [0.3, 0.4) is 0 Å². The lowest BCUT2D eigenvalue weighted by atomic mass is 10.1. The largest absolute Gasteiger partial charge is 0.396 e. The molecule has 1 nitrogen and oxygen atoms in total. The van der Waals surface area contributed by atoms with E-state index in [1.54, 1.807) is 0 Å². The number of aliphatic hydroxyl groups excluding tert-OH is 1. The van der Waals surface area contributed by atoms with Crippen LogP contribution in [-0.2, 0) is 0 Å². The van der Waals surface area contributed by atoms with Gasteiger partial charge in [0.15, 0.2) is 0 Å². The highest BCUT2D eigenvalue weighted by atomic mass is 16.3. The van der Waals surface area contributed by atoms with Crippen LogP contribution in [-0.4, -0.2) is 11.7 Å². The molecule has 1 N–H and O–H groups in total. The van der Waals surface area contributed by atoms with Crippen LogP contribution >= 0.6 is 0 Å². The first-order chi connectivity index (χ1) is 6.16. The maximum absolute atomic E-state index is 8.75. The Morgan fingerprint density at radius 3 is 2.00 bits per heavy atom. The van der Waals surface area contributed by atoms with E-state index < -0.39 is 0 Å². The van der Waals surface area contributed by atoms with E-state index in [0.29, 0.717) is 11.8 Å². The van der Waals surface area contributed by atoms with E-state index in [2.05, 4.69) is 38.2 Å². The van der Waals surface area contributed by atoms with E-state index >= 15 is 0 Å². The number of hydrogen-bond donors (Lipinski definition) is 1. The number of rotatable bonds is 6. The Labute approximate surface area is 82.2 Å². The van der Waals surface area contributed by atoms with Crippen molar-refractivity contribution in [3.63, 3.8) is 0 Å². The van der Waals surface area contributed by atoms with Gasteiger partial charge in [-0.05, 0) is 24.7 Å². The Bertz CT molecular complexity index is 157. The van der Waals surface area contributed by atoms with Crippen LogP contribution in [0.25, 0.3) is 0 Å². The van der Waals surface area contributed by atoms with E-state index in [1.165, 1.54) is 0 Å². The zero-order chi connectivity index (χ0) is 10.1. The third-order valence-corrected chi connectivity index (χ3v) is 1.77. The van der Waals surface area contributed by atoms with Crippen LogP contribution in [0.15, 0.2) is 24.3 Å². The summed E-state index contributed by atoms with van der Waals surface area (Å²) in [6.07, 6.45) is 10.8. The van der Waals surface area contributed by atoms with Gasteiger partial charge in [0.05, 0.1) is 0 Å². The molecule has 0 spiro atoms. The molecular weight excluding hydrogens is 160 g/mol. The summed E-state index contributed by atoms with van der Waals surface area (Å²) in [4.78, 5) is 0. The minimum atomic E-state index is 0.248. The van der Waals surface area contributed by atoms with E-state index in [0.717, 1.165) is 12.8 Å². The molecule has 0 aromatic heterocycles. The Balaban J connectivity index is 3.40. The fourth-order valence-corrected chi connectivity index (χ4v) is 0.950. The smallest absolute Gasteiger partial charge is 0.0491 e. The standard InChI is InChI=1S/C12H22O/c1-11(2)8-6-4-5-7-9-12(3)10-13/h6-9,11-13H,4-5,10H2,1-3H3. The van der Waals surface area contributed by atoms with Gasteiger partial charge in [0.25, 0.3) is 0 Å². The predicted molar refractivity (Wildman–Crippen MR) is 58.6 cm³/mol. The second-order valence-electron chi connectivity index (χ2n) is 3.84. The van der Waals surface area contributed by atoms with Gasteiger partial charge in [0.1, 0.15) is 0 Å². The molecule has 0 bridgehead atoms. The normalized spacial score (nSPS) is 14.8. The van der Waals surface area contributed by atoms with Gasteiger partial charge in [0, 0.05) is 6.61 Å². The summed E-state index contributed by atoms with van der Waals surface area (Å²) >= 11 is 0. The number of hydrogen-bond acceptors (Lipinski definition) is 1. The Morgan fingerprint density at radius 2 is 1.54 bits per heavy atom. The molecule has 0 saturated carbocycles. The molecule has 0 aliphatic rings. The van der Waals surface area contributed by atoms with Gasteiger partial charge in [-0.15, -0.1) is 0 Å². The van der Waals surface area contributed by atoms with Gasteiger partial charge >= 0.3 is 0 Å². The molecule has 1 unspecified atom stereocenters. The summed E-state index contributed by atoms with van der Waals surface area (Å²) in [5.41, 5.74) is 0.